The van der Waals surface area contributed by atoms with E-state index in [1.807, 2.05) is 12.1 Å². The number of nitrogens with zero attached hydrogens (tertiary/aromatic N) is 1. The molecule has 13 heavy (non-hydrogen) atoms. The van der Waals surface area contributed by atoms with Crippen LogP contribution in [0.4, 0.5) is 4.39 Å². The fraction of sp³-hybridized carbons (Fsp3) is 0.300. The quantitative estimate of drug-likeness (QED) is 0.714. The van der Waals surface area contributed by atoms with Gasteiger partial charge in [0.25, 0.3) is 0 Å². The van der Waals surface area contributed by atoms with E-state index in [4.69, 9.17) is 5.26 Å². The Kier molecular flexibility index (Phi) is 3.94. The van der Waals surface area contributed by atoms with Crippen molar-refractivity contribution in [1.82, 2.24) is 5.32 Å². The summed E-state index contributed by atoms with van der Waals surface area (Å²) in [7, 11) is 0. The average molecular weight is 178 g/mol. The first-order valence-corrected chi connectivity index (χ1v) is 4.15. The molecule has 0 bridgehead atoms. The molecule has 0 aliphatic heterocycles. The fourth-order valence-electron chi connectivity index (χ4n) is 1.02. The number of hydrogen-bond acceptors (Lipinski definition) is 2. The Balaban J connectivity index is 2.33. The highest BCUT2D eigenvalue weighted by Gasteiger charge is 1.93. The van der Waals surface area contributed by atoms with Crippen molar-refractivity contribution < 1.29 is 4.39 Å². The van der Waals surface area contributed by atoms with E-state index in [0.29, 0.717) is 19.5 Å². The summed E-state index contributed by atoms with van der Waals surface area (Å²) in [6.45, 7) is 1.26. The number of halogens is 1. The Morgan fingerprint density at radius 2 is 2.31 bits per heavy atom. The van der Waals surface area contributed by atoms with Crippen molar-refractivity contribution >= 4 is 0 Å². The monoisotopic (exact) mass is 178 g/mol. The van der Waals surface area contributed by atoms with Gasteiger partial charge in [-0.3, -0.25) is 0 Å². The average Bonchev–Trinajstić information content (AvgIpc) is 2.13. The van der Waals surface area contributed by atoms with Gasteiger partial charge in [-0.2, -0.15) is 5.26 Å². The molecule has 0 amide bonds. The second-order valence-corrected chi connectivity index (χ2v) is 2.71. The van der Waals surface area contributed by atoms with Gasteiger partial charge in [0.15, 0.2) is 0 Å². The zero-order chi connectivity index (χ0) is 9.52. The van der Waals surface area contributed by atoms with Crippen LogP contribution in [0.25, 0.3) is 0 Å². The molecule has 0 unspecified atom stereocenters. The highest BCUT2D eigenvalue weighted by atomic mass is 19.1. The summed E-state index contributed by atoms with van der Waals surface area (Å²) >= 11 is 0. The number of nitrogens with one attached hydrogen (secondary N) is 1. The lowest BCUT2D eigenvalue weighted by Gasteiger charge is -2.01. The van der Waals surface area contributed by atoms with Crippen LogP contribution in [0.15, 0.2) is 24.3 Å². The maximum Gasteiger partial charge on any atom is 0.123 e. The van der Waals surface area contributed by atoms with Crippen LogP contribution in [0, 0.1) is 17.1 Å². The Labute approximate surface area is 77.0 Å². The molecule has 0 heterocycles. The smallest absolute Gasteiger partial charge is 0.123 e. The van der Waals surface area contributed by atoms with Gasteiger partial charge in [0.05, 0.1) is 6.07 Å². The van der Waals surface area contributed by atoms with E-state index in [2.05, 4.69) is 5.32 Å². The number of benzene rings is 1. The Morgan fingerprint density at radius 3 is 3.00 bits per heavy atom. The van der Waals surface area contributed by atoms with Gasteiger partial charge in [-0.1, -0.05) is 12.1 Å². The third kappa shape index (κ3) is 3.68. The van der Waals surface area contributed by atoms with Crippen LogP contribution >= 0.6 is 0 Å². The molecular formula is C10H11FN2. The van der Waals surface area contributed by atoms with E-state index in [9.17, 15) is 4.39 Å². The van der Waals surface area contributed by atoms with Gasteiger partial charge < -0.3 is 5.32 Å². The van der Waals surface area contributed by atoms with Crippen LogP contribution in [0.2, 0.25) is 0 Å². The molecule has 2 nitrogen and oxygen atoms in total. The van der Waals surface area contributed by atoms with Crippen LogP contribution in [0.3, 0.4) is 0 Å². The Morgan fingerprint density at radius 1 is 1.46 bits per heavy atom. The third-order valence-corrected chi connectivity index (χ3v) is 1.63. The molecule has 0 radical (unpaired) electrons. The minimum absolute atomic E-state index is 0.223. The maximum absolute atomic E-state index is 12.7. The predicted molar refractivity (Wildman–Crippen MR) is 48.3 cm³/mol. The number of rotatable bonds is 4. The van der Waals surface area contributed by atoms with E-state index in [-0.39, 0.29) is 5.82 Å². The molecule has 0 aliphatic carbocycles. The van der Waals surface area contributed by atoms with Crippen LogP contribution in [-0.2, 0) is 6.54 Å². The lowest BCUT2D eigenvalue weighted by atomic mass is 10.2. The summed E-state index contributed by atoms with van der Waals surface area (Å²) in [5, 5.41) is 11.3. The summed E-state index contributed by atoms with van der Waals surface area (Å²) in [6.07, 6.45) is 0.481. The van der Waals surface area contributed by atoms with E-state index >= 15 is 0 Å². The SMILES string of the molecule is N#CCCNCc1cccc(F)c1. The summed E-state index contributed by atoms with van der Waals surface area (Å²) in [4.78, 5) is 0. The first kappa shape index (κ1) is 9.69. The molecule has 0 saturated carbocycles. The third-order valence-electron chi connectivity index (χ3n) is 1.63. The van der Waals surface area contributed by atoms with Crippen LogP contribution < -0.4 is 5.32 Å². The molecule has 1 N–H and O–H groups in total. The molecule has 1 aromatic carbocycles. The first-order chi connectivity index (χ1) is 6.33. The number of nitriles is 1. The summed E-state index contributed by atoms with van der Waals surface area (Å²) in [5.74, 6) is -0.223. The number of hydrogen-bond donors (Lipinski definition) is 1. The van der Waals surface area contributed by atoms with Gasteiger partial charge in [0.1, 0.15) is 5.82 Å². The minimum Gasteiger partial charge on any atom is -0.312 e. The lowest BCUT2D eigenvalue weighted by molar-refractivity contribution is 0.621. The van der Waals surface area contributed by atoms with Crippen LogP contribution in [-0.4, -0.2) is 6.54 Å². The zero-order valence-corrected chi connectivity index (χ0v) is 7.26. The predicted octanol–water partition coefficient (Wildman–Crippen LogP) is 1.83. The second-order valence-electron chi connectivity index (χ2n) is 2.71. The first-order valence-electron chi connectivity index (χ1n) is 4.15. The van der Waals surface area contributed by atoms with Gasteiger partial charge in [-0.25, -0.2) is 4.39 Å². The van der Waals surface area contributed by atoms with Crippen molar-refractivity contribution in [2.75, 3.05) is 6.54 Å². The molecule has 1 aromatic rings. The molecule has 1 rings (SSSR count). The molecule has 0 saturated heterocycles. The van der Waals surface area contributed by atoms with Gasteiger partial charge in [-0.05, 0) is 17.7 Å². The van der Waals surface area contributed by atoms with Crippen molar-refractivity contribution in [3.63, 3.8) is 0 Å². The molecule has 68 valence electrons. The Hall–Kier alpha value is -1.40. The lowest BCUT2D eigenvalue weighted by Crippen LogP contribution is -2.14. The van der Waals surface area contributed by atoms with Gasteiger partial charge in [0.2, 0.25) is 0 Å². The summed E-state index contributed by atoms with van der Waals surface area (Å²) < 4.78 is 12.7. The van der Waals surface area contributed by atoms with Crippen LogP contribution in [0.5, 0.6) is 0 Å². The van der Waals surface area contributed by atoms with Gasteiger partial charge in [-0.15, -0.1) is 0 Å². The van der Waals surface area contributed by atoms with E-state index in [1.54, 1.807) is 6.07 Å². The highest BCUT2D eigenvalue weighted by molar-refractivity contribution is 5.15. The molecule has 0 fully saturated rings. The normalized spacial score (nSPS) is 9.54. The second kappa shape index (κ2) is 5.28. The molecule has 0 aliphatic rings. The van der Waals surface area contributed by atoms with E-state index < -0.39 is 0 Å². The van der Waals surface area contributed by atoms with Crippen molar-refractivity contribution in [2.45, 2.75) is 13.0 Å². The Bertz CT molecular complexity index is 304. The van der Waals surface area contributed by atoms with Crippen molar-refractivity contribution in [1.29, 1.82) is 5.26 Å². The van der Waals surface area contributed by atoms with Gasteiger partial charge >= 0.3 is 0 Å². The fourth-order valence-corrected chi connectivity index (χ4v) is 1.02. The summed E-state index contributed by atoms with van der Waals surface area (Å²) in [6, 6.07) is 8.46. The van der Waals surface area contributed by atoms with E-state index in [1.165, 1.54) is 12.1 Å². The zero-order valence-electron chi connectivity index (χ0n) is 7.26. The topological polar surface area (TPSA) is 35.8 Å². The molecule has 0 aromatic heterocycles. The summed E-state index contributed by atoms with van der Waals surface area (Å²) in [5.41, 5.74) is 0.901. The van der Waals surface area contributed by atoms with Crippen molar-refractivity contribution in [2.24, 2.45) is 0 Å². The molecule has 0 spiro atoms. The maximum atomic E-state index is 12.7. The van der Waals surface area contributed by atoms with E-state index in [0.717, 1.165) is 5.56 Å². The minimum atomic E-state index is -0.223. The van der Waals surface area contributed by atoms with Crippen LogP contribution in [0.1, 0.15) is 12.0 Å². The van der Waals surface area contributed by atoms with Gasteiger partial charge in [0, 0.05) is 19.5 Å². The standard InChI is InChI=1S/C10H11FN2/c11-10-4-1-3-9(7-10)8-13-6-2-5-12/h1,3-4,7,13H,2,6,8H2. The largest absolute Gasteiger partial charge is 0.312 e. The molecule has 0 atom stereocenters. The van der Waals surface area contributed by atoms with Crippen molar-refractivity contribution in [3.05, 3.63) is 35.6 Å². The molecular weight excluding hydrogens is 167 g/mol. The van der Waals surface area contributed by atoms with Crippen molar-refractivity contribution in [3.8, 4) is 6.07 Å². The molecule has 3 heteroatoms. The highest BCUT2D eigenvalue weighted by Crippen LogP contribution is 2.02.